The van der Waals surface area contributed by atoms with E-state index in [9.17, 15) is 9.18 Å². The number of hydrogen-bond donors (Lipinski definition) is 2. The van der Waals surface area contributed by atoms with Gasteiger partial charge in [0, 0.05) is 36.8 Å². The lowest BCUT2D eigenvalue weighted by molar-refractivity contribution is -0.128. The molecule has 2 heterocycles. The number of nitrogens with one attached hydrogen (secondary N) is 2. The van der Waals surface area contributed by atoms with Crippen molar-refractivity contribution in [3.8, 4) is 11.5 Å². The van der Waals surface area contributed by atoms with E-state index in [0.717, 1.165) is 44.6 Å². The van der Waals surface area contributed by atoms with Gasteiger partial charge in [0.05, 0.1) is 23.9 Å². The van der Waals surface area contributed by atoms with Gasteiger partial charge in [0.25, 0.3) is 5.91 Å². The summed E-state index contributed by atoms with van der Waals surface area (Å²) >= 11 is 11.7. The number of carbonyl (C=O) groups excluding carboxylic acids is 1. The van der Waals surface area contributed by atoms with E-state index < -0.39 is 11.9 Å². The topological polar surface area (TPSA) is 62.8 Å². The maximum Gasteiger partial charge on any atom is 0.263 e. The van der Waals surface area contributed by atoms with Crippen molar-refractivity contribution in [3.05, 3.63) is 52.3 Å². The van der Waals surface area contributed by atoms with Gasteiger partial charge in [-0.1, -0.05) is 23.2 Å². The van der Waals surface area contributed by atoms with Crippen LogP contribution in [0.15, 0.2) is 36.4 Å². The zero-order valence-electron chi connectivity index (χ0n) is 17.6. The van der Waals surface area contributed by atoms with E-state index in [1.807, 2.05) is 0 Å². The molecule has 1 amide bonds. The van der Waals surface area contributed by atoms with Crippen LogP contribution in [0.4, 0.5) is 10.1 Å². The molecule has 1 atom stereocenters. The second-order valence-electron chi connectivity index (χ2n) is 8.03. The largest absolute Gasteiger partial charge is 0.493 e. The van der Waals surface area contributed by atoms with Crippen LogP contribution in [-0.4, -0.2) is 55.7 Å². The highest BCUT2D eigenvalue weighted by Crippen LogP contribution is 2.31. The molecule has 0 bridgehead atoms. The molecule has 6 nitrogen and oxygen atoms in total. The molecule has 2 aliphatic rings. The van der Waals surface area contributed by atoms with Gasteiger partial charge >= 0.3 is 0 Å². The minimum atomic E-state index is -0.559. The molecule has 2 aromatic carbocycles. The molecule has 0 radical (unpaired) electrons. The van der Waals surface area contributed by atoms with Crippen LogP contribution in [0.3, 0.4) is 0 Å². The molecule has 1 fully saturated rings. The first-order valence-corrected chi connectivity index (χ1v) is 11.5. The van der Waals surface area contributed by atoms with Crippen LogP contribution < -0.4 is 20.1 Å². The number of fused-ring (bicyclic) bond motifs is 1. The second-order valence-corrected chi connectivity index (χ2v) is 8.87. The first-order chi connectivity index (χ1) is 15.5. The summed E-state index contributed by atoms with van der Waals surface area (Å²) < 4.78 is 24.9. The van der Waals surface area contributed by atoms with E-state index in [4.69, 9.17) is 32.7 Å². The molecule has 0 aromatic heterocycles. The van der Waals surface area contributed by atoms with Crippen molar-refractivity contribution in [2.24, 2.45) is 0 Å². The lowest BCUT2D eigenvalue weighted by atomic mass is 10.0. The standard InChI is InChI=1S/C23H26Cl2FN3O3/c24-15-2-5-21-20(12-15)27-14-22(32-21)23(30)28-16-6-9-29(10-7-16)8-1-11-31-17-3-4-18(25)19(26)13-17/h2-5,12-13,16,22,27H,1,6-11,14H2,(H,28,30). The molecule has 0 aliphatic carbocycles. The fraction of sp³-hybridized carbons (Fsp3) is 0.435. The van der Waals surface area contributed by atoms with Crippen LogP contribution in [0, 0.1) is 5.82 Å². The Labute approximate surface area is 197 Å². The lowest BCUT2D eigenvalue weighted by Gasteiger charge is -2.34. The molecule has 32 heavy (non-hydrogen) atoms. The number of rotatable bonds is 7. The summed E-state index contributed by atoms with van der Waals surface area (Å²) in [5.74, 6) is 0.550. The molecule has 172 valence electrons. The Morgan fingerprint density at radius 1 is 1.22 bits per heavy atom. The maximum absolute atomic E-state index is 13.4. The smallest absolute Gasteiger partial charge is 0.263 e. The van der Waals surface area contributed by atoms with E-state index in [2.05, 4.69) is 15.5 Å². The fourth-order valence-electron chi connectivity index (χ4n) is 3.93. The predicted octanol–water partition coefficient (Wildman–Crippen LogP) is 4.36. The number of piperidine rings is 1. The zero-order valence-corrected chi connectivity index (χ0v) is 19.1. The number of likely N-dealkylation sites (tertiary alicyclic amines) is 1. The molecule has 1 saturated heterocycles. The van der Waals surface area contributed by atoms with Gasteiger partial charge in [-0.25, -0.2) is 4.39 Å². The van der Waals surface area contributed by atoms with Gasteiger partial charge in [-0.15, -0.1) is 0 Å². The van der Waals surface area contributed by atoms with E-state index >= 15 is 0 Å². The third kappa shape index (κ3) is 5.97. The Bertz CT molecular complexity index is 954. The third-order valence-corrected chi connectivity index (χ3v) is 6.24. The van der Waals surface area contributed by atoms with Gasteiger partial charge < -0.3 is 25.0 Å². The number of benzene rings is 2. The van der Waals surface area contributed by atoms with E-state index in [1.54, 1.807) is 24.3 Å². The van der Waals surface area contributed by atoms with E-state index in [0.29, 0.717) is 29.7 Å². The van der Waals surface area contributed by atoms with E-state index in [-0.39, 0.29) is 17.0 Å². The number of hydrogen-bond acceptors (Lipinski definition) is 5. The molecule has 1 unspecified atom stereocenters. The summed E-state index contributed by atoms with van der Waals surface area (Å²) in [7, 11) is 0. The summed E-state index contributed by atoms with van der Waals surface area (Å²) in [6.45, 7) is 3.63. The molecule has 0 spiro atoms. The summed E-state index contributed by atoms with van der Waals surface area (Å²) in [4.78, 5) is 15.0. The average Bonchev–Trinajstić information content (AvgIpc) is 2.79. The Balaban J connectivity index is 1.14. The van der Waals surface area contributed by atoms with Crippen molar-refractivity contribution in [2.75, 3.05) is 38.1 Å². The quantitative estimate of drug-likeness (QED) is 0.575. The highest BCUT2D eigenvalue weighted by Gasteiger charge is 2.29. The predicted molar refractivity (Wildman–Crippen MR) is 123 cm³/mol. The summed E-state index contributed by atoms with van der Waals surface area (Å²) in [5, 5.41) is 7.05. The monoisotopic (exact) mass is 481 g/mol. The molecule has 2 aromatic rings. The molecule has 2 N–H and O–H groups in total. The summed E-state index contributed by atoms with van der Waals surface area (Å²) in [6.07, 6.45) is 2.06. The van der Waals surface area contributed by atoms with Crippen LogP contribution in [-0.2, 0) is 4.79 Å². The lowest BCUT2D eigenvalue weighted by Crippen LogP contribution is -2.51. The molecular formula is C23H26Cl2FN3O3. The van der Waals surface area contributed by atoms with Crippen LogP contribution in [0.5, 0.6) is 11.5 Å². The Hall–Kier alpha value is -2.22. The van der Waals surface area contributed by atoms with Gasteiger partial charge in [0.15, 0.2) is 6.10 Å². The number of ether oxygens (including phenoxy) is 2. The normalized spacial score (nSPS) is 18.9. The van der Waals surface area contributed by atoms with Crippen molar-refractivity contribution >= 4 is 34.8 Å². The van der Waals surface area contributed by atoms with Crippen molar-refractivity contribution in [3.63, 3.8) is 0 Å². The molecule has 9 heteroatoms. The minimum absolute atomic E-state index is 0.0911. The molecule has 0 saturated carbocycles. The second kappa shape index (κ2) is 10.6. The fourth-order valence-corrected chi connectivity index (χ4v) is 4.22. The zero-order chi connectivity index (χ0) is 22.5. The van der Waals surface area contributed by atoms with Gasteiger partial charge in [0.2, 0.25) is 0 Å². The number of nitrogens with zero attached hydrogens (tertiary/aromatic N) is 1. The van der Waals surface area contributed by atoms with Gasteiger partial charge in [-0.05, 0) is 49.6 Å². The van der Waals surface area contributed by atoms with Crippen molar-refractivity contribution < 1.29 is 18.7 Å². The molecule has 2 aliphatic heterocycles. The molecular weight excluding hydrogens is 456 g/mol. The van der Waals surface area contributed by atoms with E-state index in [1.165, 1.54) is 12.1 Å². The summed E-state index contributed by atoms with van der Waals surface area (Å²) in [6, 6.07) is 9.91. The van der Waals surface area contributed by atoms with Gasteiger partial charge in [-0.2, -0.15) is 0 Å². The van der Waals surface area contributed by atoms with Crippen molar-refractivity contribution in [1.29, 1.82) is 0 Å². The highest BCUT2D eigenvalue weighted by molar-refractivity contribution is 6.31. The minimum Gasteiger partial charge on any atom is -0.493 e. The third-order valence-electron chi connectivity index (χ3n) is 5.69. The number of carbonyl (C=O) groups is 1. The maximum atomic E-state index is 13.4. The Morgan fingerprint density at radius 2 is 2.03 bits per heavy atom. The van der Waals surface area contributed by atoms with Crippen LogP contribution >= 0.6 is 23.2 Å². The number of halogens is 3. The number of anilines is 1. The number of amides is 1. The molecule has 4 rings (SSSR count). The first kappa shape index (κ1) is 23.0. The van der Waals surface area contributed by atoms with Crippen LogP contribution in [0.2, 0.25) is 10.0 Å². The van der Waals surface area contributed by atoms with Crippen LogP contribution in [0.25, 0.3) is 0 Å². The Kier molecular flexibility index (Phi) is 7.60. The summed E-state index contributed by atoms with van der Waals surface area (Å²) in [5.41, 5.74) is 0.806. The first-order valence-electron chi connectivity index (χ1n) is 10.8. The average molecular weight is 482 g/mol. The van der Waals surface area contributed by atoms with Gasteiger partial charge in [0.1, 0.15) is 17.3 Å². The SMILES string of the molecule is O=C(NC1CCN(CCCOc2ccc(Cl)c(F)c2)CC1)C1CNc2cc(Cl)ccc2O1. The van der Waals surface area contributed by atoms with Crippen molar-refractivity contribution in [1.82, 2.24) is 10.2 Å². The van der Waals surface area contributed by atoms with Crippen LogP contribution in [0.1, 0.15) is 19.3 Å². The Morgan fingerprint density at radius 3 is 2.81 bits per heavy atom. The highest BCUT2D eigenvalue weighted by atomic mass is 35.5. The van der Waals surface area contributed by atoms with Crippen molar-refractivity contribution in [2.45, 2.75) is 31.4 Å². The van der Waals surface area contributed by atoms with Gasteiger partial charge in [-0.3, -0.25) is 4.79 Å².